The molecule has 4 nitrogen and oxygen atoms in total. The van der Waals surface area contributed by atoms with Crippen molar-refractivity contribution >= 4 is 31.6 Å². The molecular weight excluding hydrogens is 347 g/mol. The van der Waals surface area contributed by atoms with Crippen LogP contribution in [-0.4, -0.2) is 26.8 Å². The highest BCUT2D eigenvalue weighted by Gasteiger charge is 2.20. The third-order valence-corrected chi connectivity index (χ3v) is 5.07. The molecule has 1 saturated carbocycles. The first-order valence-corrected chi connectivity index (χ1v) is 9.10. The van der Waals surface area contributed by atoms with Crippen LogP contribution in [0.2, 0.25) is 0 Å². The molecule has 0 saturated heterocycles. The molecule has 20 heavy (non-hydrogen) atoms. The Kier molecular flexibility index (Phi) is 5.40. The quantitative estimate of drug-likeness (QED) is 0.697. The van der Waals surface area contributed by atoms with E-state index in [1.165, 1.54) is 25.0 Å². The normalized spacial score (nSPS) is 15.3. The van der Waals surface area contributed by atoms with Gasteiger partial charge >= 0.3 is 0 Å². The smallest absolute Gasteiger partial charge is 0.232 e. The van der Waals surface area contributed by atoms with Gasteiger partial charge < -0.3 is 5.32 Å². The Hall–Kier alpha value is -0.660. The van der Waals surface area contributed by atoms with Gasteiger partial charge in [-0.2, -0.15) is 0 Å². The Bertz CT molecular complexity index is 541. The molecule has 1 aliphatic rings. The fourth-order valence-electron chi connectivity index (χ4n) is 1.81. The van der Waals surface area contributed by atoms with Crippen LogP contribution in [0.4, 0.5) is 10.1 Å². The van der Waals surface area contributed by atoms with Gasteiger partial charge in [0.05, 0.1) is 11.4 Å². The van der Waals surface area contributed by atoms with Crippen LogP contribution in [0.3, 0.4) is 0 Å². The molecule has 1 fully saturated rings. The number of hydrogen-bond acceptors (Lipinski definition) is 3. The van der Waals surface area contributed by atoms with Gasteiger partial charge in [-0.1, -0.05) is 6.07 Å². The summed E-state index contributed by atoms with van der Waals surface area (Å²) in [5, 5.41) is 3.33. The van der Waals surface area contributed by atoms with E-state index in [1.807, 2.05) is 0 Å². The summed E-state index contributed by atoms with van der Waals surface area (Å²) in [7, 11) is -3.51. The molecule has 2 N–H and O–H groups in total. The summed E-state index contributed by atoms with van der Waals surface area (Å²) in [5.74, 6) is -0.585. The largest absolute Gasteiger partial charge is 0.314 e. The summed E-state index contributed by atoms with van der Waals surface area (Å²) in [5.41, 5.74) is -0.0244. The van der Waals surface area contributed by atoms with Crippen LogP contribution in [0, 0.1) is 5.82 Å². The predicted molar refractivity (Wildman–Crippen MR) is 81.8 cm³/mol. The van der Waals surface area contributed by atoms with Crippen molar-refractivity contribution in [3.05, 3.63) is 28.5 Å². The lowest BCUT2D eigenvalue weighted by atomic mass is 10.3. The number of hydrogen-bond donors (Lipinski definition) is 2. The minimum absolute atomic E-state index is 0.000120. The zero-order valence-electron chi connectivity index (χ0n) is 11.0. The first-order valence-electron chi connectivity index (χ1n) is 6.66. The maximum absolute atomic E-state index is 13.6. The molecule has 7 heteroatoms. The van der Waals surface area contributed by atoms with E-state index in [0.717, 1.165) is 13.0 Å². The number of halogens is 2. The number of sulfonamides is 1. The van der Waals surface area contributed by atoms with Gasteiger partial charge in [0.15, 0.2) is 0 Å². The first kappa shape index (κ1) is 15.7. The topological polar surface area (TPSA) is 58.2 Å². The average molecular weight is 365 g/mol. The Morgan fingerprint density at radius 3 is 2.70 bits per heavy atom. The minimum Gasteiger partial charge on any atom is -0.314 e. The number of benzene rings is 1. The summed E-state index contributed by atoms with van der Waals surface area (Å²) < 4.78 is 40.0. The molecule has 1 aliphatic carbocycles. The Balaban J connectivity index is 1.80. The monoisotopic (exact) mass is 364 g/mol. The lowest BCUT2D eigenvalue weighted by Gasteiger charge is -2.10. The van der Waals surface area contributed by atoms with Crippen LogP contribution in [-0.2, 0) is 10.0 Å². The van der Waals surface area contributed by atoms with E-state index in [9.17, 15) is 12.8 Å². The third-order valence-electron chi connectivity index (χ3n) is 3.07. The van der Waals surface area contributed by atoms with Crippen molar-refractivity contribution < 1.29 is 12.8 Å². The van der Waals surface area contributed by atoms with Crippen LogP contribution in [0.1, 0.15) is 25.7 Å². The van der Waals surface area contributed by atoms with Crippen LogP contribution < -0.4 is 10.0 Å². The zero-order valence-corrected chi connectivity index (χ0v) is 13.4. The fraction of sp³-hybridized carbons (Fsp3) is 0.538. The summed E-state index contributed by atoms with van der Waals surface area (Å²) in [6.45, 7) is 0.837. The lowest BCUT2D eigenvalue weighted by molar-refractivity contribution is 0.589. The molecule has 0 heterocycles. The van der Waals surface area contributed by atoms with Gasteiger partial charge in [0.25, 0.3) is 0 Å². The lowest BCUT2D eigenvalue weighted by Crippen LogP contribution is -2.21. The molecule has 0 radical (unpaired) electrons. The maximum atomic E-state index is 13.6. The highest BCUT2D eigenvalue weighted by atomic mass is 79.9. The molecule has 112 valence electrons. The SMILES string of the molecule is O=S(=O)(CCCCNC1CC1)Nc1c(F)cccc1Br. The van der Waals surface area contributed by atoms with Gasteiger partial charge in [-0.3, -0.25) is 4.72 Å². The fourth-order valence-corrected chi connectivity index (χ4v) is 3.59. The predicted octanol–water partition coefficient (Wildman–Crippen LogP) is 2.86. The molecule has 1 aromatic rings. The van der Waals surface area contributed by atoms with Gasteiger partial charge in [-0.15, -0.1) is 0 Å². The van der Waals surface area contributed by atoms with Gasteiger partial charge in [-0.05, 0) is 60.3 Å². The average Bonchev–Trinajstić information content (AvgIpc) is 3.18. The summed E-state index contributed by atoms with van der Waals surface area (Å²) in [6, 6.07) is 4.97. The van der Waals surface area contributed by atoms with Gasteiger partial charge in [-0.25, -0.2) is 12.8 Å². The van der Waals surface area contributed by atoms with Crippen molar-refractivity contribution in [1.82, 2.24) is 5.32 Å². The molecule has 0 spiro atoms. The van der Waals surface area contributed by atoms with Crippen LogP contribution in [0.25, 0.3) is 0 Å². The molecule has 2 rings (SSSR count). The van der Waals surface area contributed by atoms with Crippen molar-refractivity contribution in [1.29, 1.82) is 0 Å². The maximum Gasteiger partial charge on any atom is 0.232 e. The summed E-state index contributed by atoms with van der Waals surface area (Å²) in [6.07, 6.45) is 3.80. The Morgan fingerprint density at radius 1 is 1.30 bits per heavy atom. The van der Waals surface area contributed by atoms with E-state index in [4.69, 9.17) is 0 Å². The molecule has 0 unspecified atom stereocenters. The Morgan fingerprint density at radius 2 is 2.05 bits per heavy atom. The van der Waals surface area contributed by atoms with Gasteiger partial charge in [0, 0.05) is 10.5 Å². The zero-order chi connectivity index (χ0) is 14.6. The van der Waals surface area contributed by atoms with Gasteiger partial charge in [0.1, 0.15) is 5.82 Å². The van der Waals surface area contributed by atoms with Crippen LogP contribution in [0.15, 0.2) is 22.7 Å². The standard InChI is InChI=1S/C13H18BrFN2O2S/c14-11-4-3-5-12(15)13(11)17-20(18,19)9-2-1-8-16-10-6-7-10/h3-5,10,16-17H,1-2,6-9H2. The summed E-state index contributed by atoms with van der Waals surface area (Å²) in [4.78, 5) is 0. The molecular formula is C13H18BrFN2O2S. The van der Waals surface area contributed by atoms with Crippen molar-refractivity contribution in [2.24, 2.45) is 0 Å². The van der Waals surface area contributed by atoms with E-state index >= 15 is 0 Å². The van der Waals surface area contributed by atoms with Crippen LogP contribution >= 0.6 is 15.9 Å². The first-order chi connectivity index (χ1) is 9.48. The molecule has 1 aromatic carbocycles. The van der Waals surface area contributed by atoms with E-state index < -0.39 is 15.8 Å². The molecule has 0 aromatic heterocycles. The minimum atomic E-state index is -3.51. The number of para-hydroxylation sites is 1. The van der Waals surface area contributed by atoms with E-state index in [1.54, 1.807) is 6.07 Å². The molecule has 0 bridgehead atoms. The molecule has 0 amide bonds. The van der Waals surface area contributed by atoms with Crippen molar-refractivity contribution in [2.75, 3.05) is 17.0 Å². The van der Waals surface area contributed by atoms with Crippen molar-refractivity contribution in [2.45, 2.75) is 31.7 Å². The summed E-state index contributed by atoms with van der Waals surface area (Å²) >= 11 is 3.14. The Labute approximate surface area is 127 Å². The number of anilines is 1. The van der Waals surface area contributed by atoms with E-state index in [2.05, 4.69) is 26.0 Å². The van der Waals surface area contributed by atoms with E-state index in [0.29, 0.717) is 16.9 Å². The van der Waals surface area contributed by atoms with Crippen molar-refractivity contribution in [3.63, 3.8) is 0 Å². The highest BCUT2D eigenvalue weighted by molar-refractivity contribution is 9.10. The number of unbranched alkanes of at least 4 members (excludes halogenated alkanes) is 1. The van der Waals surface area contributed by atoms with Crippen LogP contribution in [0.5, 0.6) is 0 Å². The highest BCUT2D eigenvalue weighted by Crippen LogP contribution is 2.26. The second-order valence-electron chi connectivity index (χ2n) is 4.95. The number of nitrogens with one attached hydrogen (secondary N) is 2. The molecule has 0 aliphatic heterocycles. The molecule has 0 atom stereocenters. The second-order valence-corrected chi connectivity index (χ2v) is 7.65. The van der Waals surface area contributed by atoms with Crippen molar-refractivity contribution in [3.8, 4) is 0 Å². The number of rotatable bonds is 8. The van der Waals surface area contributed by atoms with Gasteiger partial charge in [0.2, 0.25) is 10.0 Å². The second kappa shape index (κ2) is 6.87. The third kappa shape index (κ3) is 5.03. The van der Waals surface area contributed by atoms with E-state index in [-0.39, 0.29) is 11.4 Å².